The molecule has 8 heteroatoms. The van der Waals surface area contributed by atoms with Crippen LogP contribution in [-0.4, -0.2) is 39.4 Å². The van der Waals surface area contributed by atoms with Crippen LogP contribution >= 0.6 is 0 Å². The largest absolute Gasteiger partial charge is 0.496 e. The van der Waals surface area contributed by atoms with Gasteiger partial charge in [0.15, 0.2) is 15.3 Å². The van der Waals surface area contributed by atoms with E-state index in [1.165, 1.54) is 55.4 Å². The molecule has 0 saturated carbocycles. The van der Waals surface area contributed by atoms with Crippen LogP contribution in [-0.2, 0) is 14.6 Å². The summed E-state index contributed by atoms with van der Waals surface area (Å²) in [5.41, 5.74) is 0.0533. The molecule has 0 aliphatic heterocycles. The quantitative estimate of drug-likeness (QED) is 0.774. The topological polar surface area (TPSA) is 91.7 Å². The van der Waals surface area contributed by atoms with Crippen molar-refractivity contribution in [2.75, 3.05) is 20.5 Å². The first-order chi connectivity index (χ1) is 10.8. The van der Waals surface area contributed by atoms with E-state index in [4.69, 9.17) is 4.74 Å². The zero-order valence-electron chi connectivity index (χ0n) is 12.8. The highest BCUT2D eigenvalue weighted by atomic mass is 32.2. The third-order valence-electron chi connectivity index (χ3n) is 3.16. The summed E-state index contributed by atoms with van der Waals surface area (Å²) in [4.78, 5) is 23.0. The second-order valence-corrected chi connectivity index (χ2v) is 6.71. The van der Waals surface area contributed by atoms with Crippen molar-refractivity contribution in [3.05, 3.63) is 52.4 Å². The van der Waals surface area contributed by atoms with E-state index < -0.39 is 15.8 Å². The third kappa shape index (κ3) is 3.42. The SMILES string of the molecule is COC(=O)c1cc(S(C)(=O)=O)c(-n2ccc(=O)cc2)cc1OC. The van der Waals surface area contributed by atoms with Gasteiger partial charge in [-0.15, -0.1) is 0 Å². The Labute approximate surface area is 133 Å². The first-order valence-corrected chi connectivity index (χ1v) is 8.36. The molecule has 0 bridgehead atoms. The Morgan fingerprint density at radius 3 is 2.22 bits per heavy atom. The Hall–Kier alpha value is -2.61. The summed E-state index contributed by atoms with van der Waals surface area (Å²) in [7, 11) is -1.09. The number of pyridine rings is 1. The number of ether oxygens (including phenoxy) is 2. The number of hydrogen-bond donors (Lipinski definition) is 0. The van der Waals surface area contributed by atoms with Crippen molar-refractivity contribution in [2.24, 2.45) is 0 Å². The van der Waals surface area contributed by atoms with Gasteiger partial charge < -0.3 is 14.0 Å². The normalized spacial score (nSPS) is 11.1. The van der Waals surface area contributed by atoms with Gasteiger partial charge in [0.05, 0.1) is 24.8 Å². The lowest BCUT2D eigenvalue weighted by Gasteiger charge is -2.15. The number of benzene rings is 1. The maximum Gasteiger partial charge on any atom is 0.341 e. The summed E-state index contributed by atoms with van der Waals surface area (Å²) in [6.07, 6.45) is 3.90. The molecule has 0 aliphatic carbocycles. The molecule has 0 amide bonds. The van der Waals surface area contributed by atoms with Crippen molar-refractivity contribution in [3.63, 3.8) is 0 Å². The van der Waals surface area contributed by atoms with Crippen molar-refractivity contribution in [2.45, 2.75) is 4.90 Å². The van der Waals surface area contributed by atoms with Gasteiger partial charge in [-0.3, -0.25) is 4.79 Å². The molecule has 1 heterocycles. The van der Waals surface area contributed by atoms with Crippen molar-refractivity contribution >= 4 is 15.8 Å². The minimum atomic E-state index is -3.64. The van der Waals surface area contributed by atoms with Crippen LogP contribution in [0.5, 0.6) is 5.75 Å². The second kappa shape index (κ2) is 6.25. The fraction of sp³-hybridized carbons (Fsp3) is 0.200. The number of carbonyl (C=O) groups excluding carboxylic acids is 1. The van der Waals surface area contributed by atoms with Crippen LogP contribution in [0.4, 0.5) is 0 Å². The lowest BCUT2D eigenvalue weighted by molar-refractivity contribution is 0.0597. The molecular formula is C15H15NO6S. The number of methoxy groups -OCH3 is 2. The smallest absolute Gasteiger partial charge is 0.341 e. The van der Waals surface area contributed by atoms with Crippen LogP contribution in [0.2, 0.25) is 0 Å². The molecule has 1 aromatic carbocycles. The molecule has 2 rings (SSSR count). The molecule has 23 heavy (non-hydrogen) atoms. The van der Waals surface area contributed by atoms with Crippen LogP contribution in [0.1, 0.15) is 10.4 Å². The molecule has 122 valence electrons. The van der Waals surface area contributed by atoms with E-state index in [-0.39, 0.29) is 27.3 Å². The zero-order valence-corrected chi connectivity index (χ0v) is 13.6. The van der Waals surface area contributed by atoms with Crippen molar-refractivity contribution < 1.29 is 22.7 Å². The number of esters is 1. The maximum atomic E-state index is 12.1. The molecule has 7 nitrogen and oxygen atoms in total. The van der Waals surface area contributed by atoms with Gasteiger partial charge in [-0.05, 0) is 6.07 Å². The molecule has 0 spiro atoms. The summed E-state index contributed by atoms with van der Waals surface area (Å²) >= 11 is 0. The number of rotatable bonds is 4. The highest BCUT2D eigenvalue weighted by molar-refractivity contribution is 7.90. The van der Waals surface area contributed by atoms with E-state index >= 15 is 0 Å². The van der Waals surface area contributed by atoms with Crippen LogP contribution in [0, 0.1) is 0 Å². The summed E-state index contributed by atoms with van der Waals surface area (Å²) in [5.74, 6) is -0.545. The first kappa shape index (κ1) is 16.8. The number of carbonyl (C=O) groups is 1. The molecule has 0 radical (unpaired) electrons. The van der Waals surface area contributed by atoms with Crippen molar-refractivity contribution in [1.82, 2.24) is 4.57 Å². The number of nitrogens with zero attached hydrogens (tertiary/aromatic N) is 1. The van der Waals surface area contributed by atoms with E-state index in [1.807, 2.05) is 0 Å². The second-order valence-electron chi connectivity index (χ2n) is 4.73. The van der Waals surface area contributed by atoms with Gasteiger partial charge in [-0.2, -0.15) is 0 Å². The lowest BCUT2D eigenvalue weighted by Crippen LogP contribution is -2.12. The average molecular weight is 337 g/mol. The summed E-state index contributed by atoms with van der Waals surface area (Å²) in [6, 6.07) is 5.21. The molecule has 1 aromatic heterocycles. The molecule has 0 N–H and O–H groups in total. The van der Waals surface area contributed by atoms with Crippen molar-refractivity contribution in [3.8, 4) is 11.4 Å². The molecule has 0 fully saturated rings. The summed E-state index contributed by atoms with van der Waals surface area (Å²) in [5, 5.41) is 0. The number of aromatic nitrogens is 1. The molecule has 0 unspecified atom stereocenters. The highest BCUT2D eigenvalue weighted by Crippen LogP contribution is 2.29. The van der Waals surface area contributed by atoms with E-state index in [9.17, 15) is 18.0 Å². The molecule has 2 aromatic rings. The van der Waals surface area contributed by atoms with Gasteiger partial charge in [-0.1, -0.05) is 0 Å². The first-order valence-electron chi connectivity index (χ1n) is 6.47. The monoisotopic (exact) mass is 337 g/mol. The highest BCUT2D eigenvalue weighted by Gasteiger charge is 2.22. The van der Waals surface area contributed by atoms with Crippen LogP contribution in [0.25, 0.3) is 5.69 Å². The van der Waals surface area contributed by atoms with E-state index in [2.05, 4.69) is 4.74 Å². The number of hydrogen-bond acceptors (Lipinski definition) is 6. The van der Waals surface area contributed by atoms with E-state index in [1.54, 1.807) is 0 Å². The summed E-state index contributed by atoms with van der Waals surface area (Å²) < 4.78 is 35.4. The minimum absolute atomic E-state index is 0.000204. The summed E-state index contributed by atoms with van der Waals surface area (Å²) in [6.45, 7) is 0. The van der Waals surface area contributed by atoms with Gasteiger partial charge in [0.25, 0.3) is 0 Å². The molecule has 0 saturated heterocycles. The van der Waals surface area contributed by atoms with Gasteiger partial charge in [0, 0.05) is 36.8 Å². The van der Waals surface area contributed by atoms with Gasteiger partial charge >= 0.3 is 5.97 Å². The van der Waals surface area contributed by atoms with Gasteiger partial charge in [0.2, 0.25) is 0 Å². The fourth-order valence-electron chi connectivity index (χ4n) is 2.06. The molecule has 0 aliphatic rings. The van der Waals surface area contributed by atoms with E-state index in [0.717, 1.165) is 6.26 Å². The predicted octanol–water partition coefficient (Wildman–Crippen LogP) is 1.04. The Morgan fingerprint density at radius 1 is 1.13 bits per heavy atom. The average Bonchev–Trinajstić information content (AvgIpc) is 2.52. The van der Waals surface area contributed by atoms with Gasteiger partial charge in [-0.25, -0.2) is 13.2 Å². The Kier molecular flexibility index (Phi) is 4.55. The Bertz CT molecular complexity index is 894. The van der Waals surface area contributed by atoms with Gasteiger partial charge in [0.1, 0.15) is 11.3 Å². The maximum absolute atomic E-state index is 12.1. The fourth-order valence-corrected chi connectivity index (χ4v) is 2.94. The lowest BCUT2D eigenvalue weighted by atomic mass is 10.1. The number of sulfone groups is 1. The zero-order chi connectivity index (χ0) is 17.2. The van der Waals surface area contributed by atoms with Crippen molar-refractivity contribution in [1.29, 1.82) is 0 Å². The predicted molar refractivity (Wildman–Crippen MR) is 83.0 cm³/mol. The standard InChI is InChI=1S/C15H15NO6S/c1-21-13-9-12(16-6-4-10(17)5-7-16)14(23(3,19)20)8-11(13)15(18)22-2/h4-9H,1-3H3. The third-order valence-corrected chi connectivity index (χ3v) is 4.29. The van der Waals surface area contributed by atoms with Crippen LogP contribution < -0.4 is 10.2 Å². The van der Waals surface area contributed by atoms with Crippen LogP contribution in [0.15, 0.2) is 46.3 Å². The minimum Gasteiger partial charge on any atom is -0.496 e. The van der Waals surface area contributed by atoms with Crippen LogP contribution in [0.3, 0.4) is 0 Å². The Morgan fingerprint density at radius 2 is 1.74 bits per heavy atom. The van der Waals surface area contributed by atoms with E-state index in [0.29, 0.717) is 0 Å². The molecule has 0 atom stereocenters. The Balaban J connectivity index is 2.82. The molecular weight excluding hydrogens is 322 g/mol.